The molecule has 0 saturated carbocycles. The zero-order valence-electron chi connectivity index (χ0n) is 34.0. The zero-order chi connectivity index (χ0) is 41.0. The maximum Gasteiger partial charge on any atom is 0.0547 e. The highest BCUT2D eigenvalue weighted by atomic mass is 15.0. The van der Waals surface area contributed by atoms with Gasteiger partial charge in [0.1, 0.15) is 0 Å². The third-order valence-corrected chi connectivity index (χ3v) is 12.5. The second-order valence-electron chi connectivity index (χ2n) is 16.1. The van der Waals surface area contributed by atoms with Crippen LogP contribution in [0.15, 0.2) is 243 Å². The summed E-state index contributed by atoms with van der Waals surface area (Å²) in [5.74, 6) is 0. The number of rotatable bonds is 7. The topological polar surface area (TPSA) is 9.86 Å². The van der Waals surface area contributed by atoms with E-state index in [0.29, 0.717) is 0 Å². The van der Waals surface area contributed by atoms with E-state index in [-0.39, 0.29) is 0 Å². The average molecular weight is 789 g/mol. The summed E-state index contributed by atoms with van der Waals surface area (Å²) in [5.41, 5.74) is 18.9. The summed E-state index contributed by atoms with van der Waals surface area (Å²) in [6.07, 6.45) is 0. The predicted octanol–water partition coefficient (Wildman–Crippen LogP) is 16.2. The number of benzene rings is 10. The lowest BCUT2D eigenvalue weighted by atomic mass is 10.0. The van der Waals surface area contributed by atoms with Crippen molar-refractivity contribution in [3.63, 3.8) is 0 Å². The van der Waals surface area contributed by atoms with E-state index in [9.17, 15) is 0 Å². The lowest BCUT2D eigenvalue weighted by Gasteiger charge is -2.16. The second kappa shape index (κ2) is 14.8. The van der Waals surface area contributed by atoms with E-state index in [2.05, 4.69) is 252 Å². The maximum absolute atomic E-state index is 2.49. The lowest BCUT2D eigenvalue weighted by molar-refractivity contribution is 1.17. The van der Waals surface area contributed by atoms with Crippen LogP contribution in [0.1, 0.15) is 0 Å². The van der Waals surface area contributed by atoms with E-state index >= 15 is 0 Å². The molecular formula is C60H40N2. The molecule has 290 valence electrons. The molecule has 62 heavy (non-hydrogen) atoms. The Morgan fingerprint density at radius 3 is 0.952 bits per heavy atom. The Morgan fingerprint density at radius 2 is 0.548 bits per heavy atom. The fraction of sp³-hybridized carbons (Fsp3) is 0. The molecule has 10 aromatic carbocycles. The highest BCUT2D eigenvalue weighted by Crippen LogP contribution is 2.41. The second-order valence-corrected chi connectivity index (χ2v) is 16.1. The number of hydrogen-bond acceptors (Lipinski definition) is 0. The molecule has 0 aliphatic carbocycles. The first kappa shape index (κ1) is 35.7. The number of nitrogens with zero attached hydrogens (tertiary/aromatic N) is 2. The molecule has 2 heterocycles. The van der Waals surface area contributed by atoms with Gasteiger partial charge in [0.2, 0.25) is 0 Å². The normalized spacial score (nSPS) is 11.5. The first-order valence-corrected chi connectivity index (χ1v) is 21.3. The zero-order valence-corrected chi connectivity index (χ0v) is 34.0. The Morgan fingerprint density at radius 1 is 0.210 bits per heavy atom. The van der Waals surface area contributed by atoms with Crippen molar-refractivity contribution in [3.8, 4) is 67.0 Å². The maximum atomic E-state index is 2.49. The van der Waals surface area contributed by atoms with Crippen LogP contribution in [0.25, 0.3) is 111 Å². The van der Waals surface area contributed by atoms with Gasteiger partial charge in [0, 0.05) is 32.8 Å². The number of aromatic nitrogens is 2. The highest BCUT2D eigenvalue weighted by Gasteiger charge is 2.19. The third-order valence-electron chi connectivity index (χ3n) is 12.5. The van der Waals surface area contributed by atoms with Crippen LogP contribution in [-0.4, -0.2) is 9.13 Å². The fourth-order valence-electron chi connectivity index (χ4n) is 9.54. The Bertz CT molecular complexity index is 3400. The van der Waals surface area contributed by atoms with Gasteiger partial charge < -0.3 is 9.13 Å². The summed E-state index contributed by atoms with van der Waals surface area (Å²) < 4.78 is 4.96. The molecule has 0 unspecified atom stereocenters. The first-order chi connectivity index (χ1) is 30.7. The van der Waals surface area contributed by atoms with Gasteiger partial charge in [0.25, 0.3) is 0 Å². The smallest absolute Gasteiger partial charge is 0.0547 e. The quantitative estimate of drug-likeness (QED) is 0.152. The monoisotopic (exact) mass is 788 g/mol. The Hall–Kier alpha value is -8.20. The van der Waals surface area contributed by atoms with Crippen molar-refractivity contribution < 1.29 is 0 Å². The number of hydrogen-bond donors (Lipinski definition) is 0. The van der Waals surface area contributed by atoms with Crippen molar-refractivity contribution in [1.82, 2.24) is 9.13 Å². The molecule has 0 amide bonds. The first-order valence-electron chi connectivity index (χ1n) is 21.3. The van der Waals surface area contributed by atoms with Gasteiger partial charge in [-0.1, -0.05) is 200 Å². The summed E-state index contributed by atoms with van der Waals surface area (Å²) in [5, 5.41) is 4.94. The van der Waals surface area contributed by atoms with E-state index in [1.165, 1.54) is 93.7 Å². The fourth-order valence-corrected chi connectivity index (χ4v) is 9.54. The summed E-state index contributed by atoms with van der Waals surface area (Å²) in [7, 11) is 0. The Balaban J connectivity index is 1.09. The van der Waals surface area contributed by atoms with Crippen molar-refractivity contribution in [2.24, 2.45) is 0 Å². The largest absolute Gasteiger partial charge is 0.309 e. The number of fused-ring (bicyclic) bond motifs is 6. The Kier molecular flexibility index (Phi) is 8.53. The van der Waals surface area contributed by atoms with E-state index in [1.807, 2.05) is 0 Å². The van der Waals surface area contributed by atoms with Crippen molar-refractivity contribution >= 4 is 43.6 Å². The number of para-hydroxylation sites is 1. The standard InChI is InChI=1S/C60H40N2/c1-5-16-41(17-6-1)45-28-32-52-53-33-29-46(42-18-7-2-8-19-42)38-58(53)61(57(52)37-45)50-25-15-24-49(36-50)51-26-13-14-27-56(51)62-59-39-47(43-20-9-3-10-21-43)30-34-54(59)55-35-31-48(40-60(55)62)44-22-11-4-12-23-44/h1-40H. The molecule has 0 spiro atoms. The van der Waals surface area contributed by atoms with Gasteiger partial charge in [0.05, 0.1) is 27.8 Å². The summed E-state index contributed by atoms with van der Waals surface area (Å²) in [6.45, 7) is 0. The summed E-state index contributed by atoms with van der Waals surface area (Å²) in [6, 6.07) is 88.5. The molecular weight excluding hydrogens is 749 g/mol. The molecule has 0 aliphatic rings. The molecule has 0 aliphatic heterocycles. The minimum Gasteiger partial charge on any atom is -0.309 e. The van der Waals surface area contributed by atoms with Crippen molar-refractivity contribution in [2.45, 2.75) is 0 Å². The molecule has 0 bridgehead atoms. The van der Waals surface area contributed by atoms with Gasteiger partial charge in [-0.2, -0.15) is 0 Å². The van der Waals surface area contributed by atoms with Gasteiger partial charge in [-0.3, -0.25) is 0 Å². The lowest BCUT2D eigenvalue weighted by Crippen LogP contribution is -1.99. The van der Waals surface area contributed by atoms with Gasteiger partial charge in [-0.05, 0) is 92.5 Å². The van der Waals surface area contributed by atoms with Crippen LogP contribution in [0.5, 0.6) is 0 Å². The molecule has 2 heteroatoms. The van der Waals surface area contributed by atoms with E-state index in [1.54, 1.807) is 0 Å². The van der Waals surface area contributed by atoms with Crippen molar-refractivity contribution in [3.05, 3.63) is 243 Å². The molecule has 0 atom stereocenters. The van der Waals surface area contributed by atoms with E-state index < -0.39 is 0 Å². The molecule has 12 aromatic rings. The van der Waals surface area contributed by atoms with Crippen LogP contribution in [0.3, 0.4) is 0 Å². The van der Waals surface area contributed by atoms with E-state index in [0.717, 1.165) is 16.9 Å². The van der Waals surface area contributed by atoms with Crippen LogP contribution < -0.4 is 0 Å². The highest BCUT2D eigenvalue weighted by molar-refractivity contribution is 6.13. The van der Waals surface area contributed by atoms with Crippen molar-refractivity contribution in [2.75, 3.05) is 0 Å². The van der Waals surface area contributed by atoms with Gasteiger partial charge in [0.15, 0.2) is 0 Å². The van der Waals surface area contributed by atoms with Crippen LogP contribution >= 0.6 is 0 Å². The molecule has 2 nitrogen and oxygen atoms in total. The van der Waals surface area contributed by atoms with Crippen LogP contribution in [0.2, 0.25) is 0 Å². The molecule has 0 radical (unpaired) electrons. The Labute approximate surface area is 360 Å². The predicted molar refractivity (Wildman–Crippen MR) is 262 cm³/mol. The SMILES string of the molecule is c1ccc(-c2ccc3c4ccc(-c5ccccc5)cc4n(-c4cccc(-c5ccccc5-n5c6cc(-c7ccccc7)ccc6c6ccc(-c7ccccc7)cc65)c4)c3c2)cc1. The molecule has 0 saturated heterocycles. The average Bonchev–Trinajstić information content (AvgIpc) is 3.86. The summed E-state index contributed by atoms with van der Waals surface area (Å²) >= 11 is 0. The minimum absolute atomic E-state index is 1.12. The van der Waals surface area contributed by atoms with Gasteiger partial charge in [-0.25, -0.2) is 0 Å². The van der Waals surface area contributed by atoms with Gasteiger partial charge in [-0.15, -0.1) is 0 Å². The van der Waals surface area contributed by atoms with Gasteiger partial charge >= 0.3 is 0 Å². The minimum atomic E-state index is 1.12. The van der Waals surface area contributed by atoms with Crippen LogP contribution in [-0.2, 0) is 0 Å². The molecule has 2 aromatic heterocycles. The molecule has 0 N–H and O–H groups in total. The molecule has 12 rings (SSSR count). The van der Waals surface area contributed by atoms with Crippen molar-refractivity contribution in [1.29, 1.82) is 0 Å². The van der Waals surface area contributed by atoms with Crippen LogP contribution in [0.4, 0.5) is 0 Å². The molecule has 0 fully saturated rings. The summed E-state index contributed by atoms with van der Waals surface area (Å²) in [4.78, 5) is 0. The van der Waals surface area contributed by atoms with Crippen LogP contribution in [0, 0.1) is 0 Å². The van der Waals surface area contributed by atoms with E-state index in [4.69, 9.17) is 0 Å². The third kappa shape index (κ3) is 6.04.